The van der Waals surface area contributed by atoms with Crippen LogP contribution in [0.4, 0.5) is 0 Å². The molecule has 0 fully saturated rings. The number of carbonyl (C=O) groups is 2. The second-order valence-corrected chi connectivity index (χ2v) is 5.86. The molecule has 0 aliphatic carbocycles. The lowest BCUT2D eigenvalue weighted by Crippen LogP contribution is -2.14. The van der Waals surface area contributed by atoms with Crippen molar-refractivity contribution < 1.29 is 23.8 Å². The van der Waals surface area contributed by atoms with Gasteiger partial charge in [-0.1, -0.05) is 48.0 Å². The van der Waals surface area contributed by atoms with Crippen molar-refractivity contribution in [1.29, 1.82) is 0 Å². The first kappa shape index (κ1) is 17.5. The van der Waals surface area contributed by atoms with E-state index in [1.165, 1.54) is 6.26 Å². The summed E-state index contributed by atoms with van der Waals surface area (Å²) in [5.41, 5.74) is 2.39. The molecule has 2 aromatic carbocycles. The normalized spacial score (nSPS) is 16.7. The molecule has 3 rings (SSSR count). The fourth-order valence-corrected chi connectivity index (χ4v) is 2.33. The molecule has 0 saturated carbocycles. The minimum absolute atomic E-state index is 0.222. The molecule has 0 radical (unpaired) electrons. The maximum atomic E-state index is 12.6. The summed E-state index contributed by atoms with van der Waals surface area (Å²) in [6.45, 7) is 3.59. The molecule has 1 heterocycles. The quantitative estimate of drug-likeness (QED) is 0.355. The van der Waals surface area contributed by atoms with Crippen LogP contribution in [0.25, 0.3) is 5.57 Å². The lowest BCUT2D eigenvalue weighted by atomic mass is 10.1. The third kappa shape index (κ3) is 4.19. The van der Waals surface area contributed by atoms with Crippen LogP contribution in [0.2, 0.25) is 0 Å². The van der Waals surface area contributed by atoms with Crippen LogP contribution in [0.1, 0.15) is 18.1 Å². The predicted octanol–water partition coefficient (Wildman–Crippen LogP) is 3.79. The summed E-state index contributed by atoms with van der Waals surface area (Å²) in [6, 6.07) is 16.2. The molecule has 26 heavy (non-hydrogen) atoms. The molecular weight excluding hydrogens is 332 g/mol. The Morgan fingerprint density at radius 3 is 2.35 bits per heavy atom. The van der Waals surface area contributed by atoms with Crippen molar-refractivity contribution >= 4 is 17.5 Å². The molecule has 132 valence electrons. The first-order valence-electron chi connectivity index (χ1n) is 8.12. The van der Waals surface area contributed by atoms with Crippen LogP contribution < -0.4 is 4.74 Å². The Bertz CT molecular complexity index is 863. The molecule has 0 bridgehead atoms. The second kappa shape index (κ2) is 7.70. The van der Waals surface area contributed by atoms with Gasteiger partial charge in [0.1, 0.15) is 17.6 Å². The monoisotopic (exact) mass is 350 g/mol. The summed E-state index contributed by atoms with van der Waals surface area (Å²) < 4.78 is 15.9. The van der Waals surface area contributed by atoms with Crippen molar-refractivity contribution in [2.75, 3.05) is 0 Å². The Kier molecular flexibility index (Phi) is 5.17. The van der Waals surface area contributed by atoms with Crippen molar-refractivity contribution in [3.63, 3.8) is 0 Å². The number of cyclic esters (lactones) is 1. The van der Waals surface area contributed by atoms with E-state index in [2.05, 4.69) is 0 Å². The maximum absolute atomic E-state index is 12.6. The Morgan fingerprint density at radius 2 is 1.73 bits per heavy atom. The average molecular weight is 350 g/mol. The number of carbonyl (C=O) groups excluding carboxylic acids is 2. The topological polar surface area (TPSA) is 61.8 Å². The van der Waals surface area contributed by atoms with Crippen molar-refractivity contribution in [2.45, 2.75) is 20.1 Å². The van der Waals surface area contributed by atoms with E-state index in [-0.39, 0.29) is 5.57 Å². The van der Waals surface area contributed by atoms with E-state index < -0.39 is 18.2 Å². The average Bonchev–Trinajstić information content (AvgIpc) is 2.96. The van der Waals surface area contributed by atoms with E-state index in [0.29, 0.717) is 16.9 Å². The van der Waals surface area contributed by atoms with E-state index in [1.54, 1.807) is 37.3 Å². The molecule has 0 N–H and O–H groups in total. The van der Waals surface area contributed by atoms with Crippen LogP contribution in [-0.4, -0.2) is 18.2 Å². The van der Waals surface area contributed by atoms with E-state index in [1.807, 2.05) is 37.3 Å². The van der Waals surface area contributed by atoms with Crippen LogP contribution in [0.3, 0.4) is 0 Å². The Balaban J connectivity index is 1.81. The molecule has 1 atom stereocenters. The molecule has 1 aliphatic rings. The number of hydrogen-bond acceptors (Lipinski definition) is 5. The van der Waals surface area contributed by atoms with Crippen LogP contribution in [-0.2, 0) is 19.1 Å². The Morgan fingerprint density at radius 1 is 1.04 bits per heavy atom. The highest BCUT2D eigenvalue weighted by Crippen LogP contribution is 2.21. The summed E-state index contributed by atoms with van der Waals surface area (Å²) in [7, 11) is 0. The fraction of sp³-hybridized carbons (Fsp3) is 0.143. The molecule has 0 aromatic heterocycles. The van der Waals surface area contributed by atoms with Crippen molar-refractivity contribution in [3.8, 4) is 5.75 Å². The summed E-state index contributed by atoms with van der Waals surface area (Å²) in [6.07, 6.45) is 1.96. The zero-order valence-corrected chi connectivity index (χ0v) is 14.5. The van der Waals surface area contributed by atoms with Crippen LogP contribution >= 0.6 is 0 Å². The number of aryl methyl sites for hydroxylation is 1. The van der Waals surface area contributed by atoms with Crippen LogP contribution in [0.5, 0.6) is 5.75 Å². The number of rotatable bonds is 5. The van der Waals surface area contributed by atoms with E-state index in [4.69, 9.17) is 14.2 Å². The maximum Gasteiger partial charge on any atom is 0.347 e. The summed E-state index contributed by atoms with van der Waals surface area (Å²) in [4.78, 5) is 24.1. The minimum Gasteiger partial charge on any atom is -0.458 e. The number of benzene rings is 2. The molecule has 0 amide bonds. The SMILES string of the molecule is CC1=CC(O/C=C(/C(=O)Oc2ccc(C)cc2)c2ccccc2)OC1=O. The third-order valence-corrected chi connectivity index (χ3v) is 3.79. The van der Waals surface area contributed by atoms with Gasteiger partial charge in [0, 0.05) is 11.6 Å². The summed E-state index contributed by atoms with van der Waals surface area (Å²) in [5.74, 6) is -0.567. The third-order valence-electron chi connectivity index (χ3n) is 3.79. The molecule has 2 aromatic rings. The van der Waals surface area contributed by atoms with Crippen molar-refractivity contribution in [3.05, 3.63) is 83.6 Å². The van der Waals surface area contributed by atoms with Crippen LogP contribution in [0.15, 0.2) is 72.5 Å². The second-order valence-electron chi connectivity index (χ2n) is 5.86. The van der Waals surface area contributed by atoms with Gasteiger partial charge in [-0.2, -0.15) is 0 Å². The van der Waals surface area contributed by atoms with Crippen molar-refractivity contribution in [1.82, 2.24) is 0 Å². The van der Waals surface area contributed by atoms with Crippen molar-refractivity contribution in [2.24, 2.45) is 0 Å². The molecule has 1 unspecified atom stereocenters. The molecule has 1 aliphatic heterocycles. The fourth-order valence-electron chi connectivity index (χ4n) is 2.33. The largest absolute Gasteiger partial charge is 0.458 e. The highest BCUT2D eigenvalue weighted by Gasteiger charge is 2.23. The zero-order chi connectivity index (χ0) is 18.5. The first-order chi connectivity index (χ1) is 12.5. The molecule has 0 saturated heterocycles. The van der Waals surface area contributed by atoms with Gasteiger partial charge in [0.15, 0.2) is 0 Å². The van der Waals surface area contributed by atoms with Gasteiger partial charge in [-0.15, -0.1) is 0 Å². The minimum atomic E-state index is -0.853. The first-order valence-corrected chi connectivity index (χ1v) is 8.12. The zero-order valence-electron chi connectivity index (χ0n) is 14.5. The molecule has 0 spiro atoms. The smallest absolute Gasteiger partial charge is 0.347 e. The molecule has 5 nitrogen and oxygen atoms in total. The lowest BCUT2D eigenvalue weighted by molar-refractivity contribution is -0.152. The number of ether oxygens (including phenoxy) is 3. The van der Waals surface area contributed by atoms with Gasteiger partial charge in [0.25, 0.3) is 6.29 Å². The Hall–Kier alpha value is -3.34. The number of hydrogen-bond donors (Lipinski definition) is 0. The molecular formula is C21H18O5. The van der Waals surface area contributed by atoms with E-state index >= 15 is 0 Å². The van der Waals surface area contributed by atoms with Gasteiger partial charge in [-0.25, -0.2) is 9.59 Å². The Labute approximate surface area is 151 Å². The lowest BCUT2D eigenvalue weighted by Gasteiger charge is -2.11. The van der Waals surface area contributed by atoms with Gasteiger partial charge in [-0.05, 0) is 31.5 Å². The van der Waals surface area contributed by atoms with Crippen LogP contribution in [0, 0.1) is 6.92 Å². The summed E-state index contributed by atoms with van der Waals surface area (Å²) >= 11 is 0. The van der Waals surface area contributed by atoms with E-state index in [9.17, 15) is 9.59 Å². The summed E-state index contributed by atoms with van der Waals surface area (Å²) in [5, 5.41) is 0. The molecule has 5 heteroatoms. The standard InChI is InChI=1S/C21H18O5/c1-14-8-10-17(11-9-14)25-21(23)18(16-6-4-3-5-7-16)13-24-19-12-15(2)20(22)26-19/h3-13,19H,1-2H3/b18-13+. The predicted molar refractivity (Wildman–Crippen MR) is 96.0 cm³/mol. The number of esters is 2. The highest BCUT2D eigenvalue weighted by atomic mass is 16.7. The van der Waals surface area contributed by atoms with Gasteiger partial charge in [0.05, 0.1) is 0 Å². The van der Waals surface area contributed by atoms with Gasteiger partial charge in [-0.3, -0.25) is 0 Å². The highest BCUT2D eigenvalue weighted by molar-refractivity contribution is 6.17. The van der Waals surface area contributed by atoms with Gasteiger partial charge >= 0.3 is 11.9 Å². The van der Waals surface area contributed by atoms with Gasteiger partial charge in [0.2, 0.25) is 0 Å². The van der Waals surface area contributed by atoms with E-state index in [0.717, 1.165) is 5.56 Å². The van der Waals surface area contributed by atoms with Gasteiger partial charge < -0.3 is 14.2 Å².